The molecular formula is C27H36O5S2. The van der Waals surface area contributed by atoms with E-state index in [1.807, 2.05) is 24.3 Å². The lowest BCUT2D eigenvalue weighted by atomic mass is 9.93. The lowest BCUT2D eigenvalue weighted by Crippen LogP contribution is -2.21. The molecule has 1 fully saturated rings. The van der Waals surface area contributed by atoms with Crippen LogP contribution in [0, 0.1) is 0 Å². The summed E-state index contributed by atoms with van der Waals surface area (Å²) >= 11 is 2.99. The van der Waals surface area contributed by atoms with Crippen molar-refractivity contribution in [1.29, 1.82) is 0 Å². The summed E-state index contributed by atoms with van der Waals surface area (Å²) in [6.45, 7) is 2.57. The second kappa shape index (κ2) is 13.9. The number of methoxy groups -OCH3 is 1. The maximum atomic E-state index is 11.1. The lowest BCUT2D eigenvalue weighted by Gasteiger charge is -2.27. The van der Waals surface area contributed by atoms with Gasteiger partial charge in [-0.3, -0.25) is 4.79 Å². The molecule has 1 saturated carbocycles. The van der Waals surface area contributed by atoms with Crippen LogP contribution < -0.4 is 9.47 Å². The predicted octanol–water partition coefficient (Wildman–Crippen LogP) is 6.29. The van der Waals surface area contributed by atoms with Crippen molar-refractivity contribution in [2.45, 2.75) is 62.9 Å². The number of aliphatic hydroxyl groups excluding tert-OH is 1. The number of thioether (sulfide) groups is 2. The number of hydrogen-bond donors (Lipinski definition) is 2. The van der Waals surface area contributed by atoms with Gasteiger partial charge >= 0.3 is 5.97 Å². The standard InChI is InChI=1S/C27H36O5S2/c1-3-15-34-27(24(28)17-33-18-25(29)30)23-10-6-9-22(20-7-4-5-8-20)26(23)32-16-19-11-13-21(31-2)14-12-19/h6,9-14,20,24,27-28H,3-5,7-8,15-18H2,1-2H3,(H,29,30). The van der Waals surface area contributed by atoms with Crippen molar-refractivity contribution in [2.24, 2.45) is 0 Å². The molecule has 0 amide bonds. The first-order valence-corrected chi connectivity index (χ1v) is 14.2. The third kappa shape index (κ3) is 7.59. The summed E-state index contributed by atoms with van der Waals surface area (Å²) in [5, 5.41) is 19.9. The summed E-state index contributed by atoms with van der Waals surface area (Å²) in [6.07, 6.45) is 5.12. The van der Waals surface area contributed by atoms with Crippen LogP contribution in [0.2, 0.25) is 0 Å². The normalized spacial score (nSPS) is 15.7. The molecule has 0 saturated heterocycles. The molecule has 5 nitrogen and oxygen atoms in total. The Morgan fingerprint density at radius 1 is 1.15 bits per heavy atom. The third-order valence-corrected chi connectivity index (χ3v) is 8.68. The van der Waals surface area contributed by atoms with Gasteiger partial charge in [0.2, 0.25) is 0 Å². The highest BCUT2D eigenvalue weighted by Gasteiger charge is 2.29. The molecule has 7 heteroatoms. The first-order chi connectivity index (χ1) is 16.5. The van der Waals surface area contributed by atoms with Gasteiger partial charge in [-0.1, -0.05) is 50.1 Å². The molecule has 1 aliphatic carbocycles. The highest BCUT2D eigenvalue weighted by molar-refractivity contribution is 8.00. The summed E-state index contributed by atoms with van der Waals surface area (Å²) in [5.74, 6) is 2.60. The second-order valence-electron chi connectivity index (χ2n) is 8.65. The lowest BCUT2D eigenvalue weighted by molar-refractivity contribution is -0.133. The Balaban J connectivity index is 1.90. The van der Waals surface area contributed by atoms with Crippen LogP contribution in [0.1, 0.15) is 66.9 Å². The molecule has 0 spiro atoms. The molecule has 2 atom stereocenters. The van der Waals surface area contributed by atoms with E-state index in [1.165, 1.54) is 30.2 Å². The fraction of sp³-hybridized carbons (Fsp3) is 0.519. The number of benzene rings is 2. The van der Waals surface area contributed by atoms with E-state index in [1.54, 1.807) is 18.9 Å². The van der Waals surface area contributed by atoms with Gasteiger partial charge in [-0.2, -0.15) is 11.8 Å². The molecule has 0 aromatic heterocycles. The number of para-hydroxylation sites is 1. The maximum Gasteiger partial charge on any atom is 0.313 e. The van der Waals surface area contributed by atoms with E-state index < -0.39 is 12.1 Å². The van der Waals surface area contributed by atoms with Crippen molar-refractivity contribution in [3.63, 3.8) is 0 Å². The molecule has 186 valence electrons. The molecular weight excluding hydrogens is 468 g/mol. The van der Waals surface area contributed by atoms with Crippen molar-refractivity contribution < 1.29 is 24.5 Å². The average molecular weight is 505 g/mol. The van der Waals surface area contributed by atoms with E-state index in [4.69, 9.17) is 14.6 Å². The second-order valence-corrected chi connectivity index (χ2v) is 10.9. The Labute approximate surface area is 211 Å². The van der Waals surface area contributed by atoms with Crippen LogP contribution in [-0.2, 0) is 11.4 Å². The van der Waals surface area contributed by atoms with Crippen LogP contribution in [-0.4, -0.2) is 46.7 Å². The summed E-state index contributed by atoms with van der Waals surface area (Å²) in [6, 6.07) is 14.2. The molecule has 1 aliphatic rings. The van der Waals surface area contributed by atoms with Gasteiger partial charge in [0.25, 0.3) is 0 Å². The number of rotatable bonds is 14. The number of ether oxygens (including phenoxy) is 2. The molecule has 0 bridgehead atoms. The number of hydrogen-bond acceptors (Lipinski definition) is 6. The molecule has 2 aromatic rings. The summed E-state index contributed by atoms with van der Waals surface area (Å²) < 4.78 is 11.8. The smallest absolute Gasteiger partial charge is 0.313 e. The van der Waals surface area contributed by atoms with Gasteiger partial charge in [-0.05, 0) is 54.2 Å². The summed E-state index contributed by atoms with van der Waals surface area (Å²) in [5.41, 5.74) is 3.30. The zero-order chi connectivity index (χ0) is 24.3. The Kier molecular flexibility index (Phi) is 10.9. The van der Waals surface area contributed by atoms with Crippen molar-refractivity contribution in [3.8, 4) is 11.5 Å². The van der Waals surface area contributed by atoms with Gasteiger partial charge in [-0.15, -0.1) is 11.8 Å². The van der Waals surface area contributed by atoms with E-state index in [0.717, 1.165) is 47.6 Å². The highest BCUT2D eigenvalue weighted by atomic mass is 32.2. The monoisotopic (exact) mass is 504 g/mol. The zero-order valence-corrected chi connectivity index (χ0v) is 21.7. The first-order valence-electron chi connectivity index (χ1n) is 12.0. The van der Waals surface area contributed by atoms with Gasteiger partial charge in [0.05, 0.1) is 24.2 Å². The number of carboxylic acid groups (broad SMARTS) is 1. The molecule has 0 radical (unpaired) electrons. The molecule has 2 aromatic carbocycles. The SMILES string of the molecule is CCCSC(c1cccc(C2CCCC2)c1OCc1ccc(OC)cc1)C(O)CSCC(=O)O. The Morgan fingerprint density at radius 2 is 1.88 bits per heavy atom. The molecule has 34 heavy (non-hydrogen) atoms. The summed E-state index contributed by atoms with van der Waals surface area (Å²) in [4.78, 5) is 11.0. The molecule has 0 aliphatic heterocycles. The largest absolute Gasteiger partial charge is 0.497 e. The first kappa shape index (κ1) is 26.8. The predicted molar refractivity (Wildman–Crippen MR) is 141 cm³/mol. The fourth-order valence-electron chi connectivity index (χ4n) is 4.41. The van der Waals surface area contributed by atoms with E-state index in [0.29, 0.717) is 18.3 Å². The fourth-order valence-corrected chi connectivity index (χ4v) is 6.43. The van der Waals surface area contributed by atoms with Crippen LogP contribution >= 0.6 is 23.5 Å². The number of carbonyl (C=O) groups is 1. The third-order valence-electron chi connectivity index (χ3n) is 6.08. The quantitative estimate of drug-likeness (QED) is 0.313. The Morgan fingerprint density at radius 3 is 2.53 bits per heavy atom. The summed E-state index contributed by atoms with van der Waals surface area (Å²) in [7, 11) is 1.66. The molecule has 2 unspecified atom stereocenters. The topological polar surface area (TPSA) is 76.0 Å². The number of carboxylic acids is 1. The van der Waals surface area contributed by atoms with Gasteiger partial charge in [0, 0.05) is 11.3 Å². The van der Waals surface area contributed by atoms with E-state index in [-0.39, 0.29) is 11.0 Å². The van der Waals surface area contributed by atoms with Crippen LogP contribution in [0.15, 0.2) is 42.5 Å². The average Bonchev–Trinajstić information content (AvgIpc) is 3.38. The number of aliphatic carboxylic acids is 1. The van der Waals surface area contributed by atoms with E-state index in [9.17, 15) is 9.90 Å². The Bertz CT molecular complexity index is 896. The molecule has 2 N–H and O–H groups in total. The van der Waals surface area contributed by atoms with Crippen LogP contribution in [0.5, 0.6) is 11.5 Å². The zero-order valence-electron chi connectivity index (χ0n) is 20.1. The van der Waals surface area contributed by atoms with Crippen LogP contribution in [0.4, 0.5) is 0 Å². The maximum absolute atomic E-state index is 11.1. The van der Waals surface area contributed by atoms with E-state index >= 15 is 0 Å². The van der Waals surface area contributed by atoms with Gasteiger partial charge in [0.1, 0.15) is 18.1 Å². The minimum Gasteiger partial charge on any atom is -0.497 e. The minimum absolute atomic E-state index is 0.00876. The highest BCUT2D eigenvalue weighted by Crippen LogP contribution is 2.46. The van der Waals surface area contributed by atoms with Crippen molar-refractivity contribution in [2.75, 3.05) is 24.4 Å². The van der Waals surface area contributed by atoms with Crippen LogP contribution in [0.25, 0.3) is 0 Å². The molecule has 0 heterocycles. The van der Waals surface area contributed by atoms with Crippen molar-refractivity contribution in [3.05, 3.63) is 59.2 Å². The van der Waals surface area contributed by atoms with Crippen LogP contribution in [0.3, 0.4) is 0 Å². The van der Waals surface area contributed by atoms with Gasteiger partial charge < -0.3 is 19.7 Å². The van der Waals surface area contributed by atoms with Gasteiger partial charge in [-0.25, -0.2) is 0 Å². The van der Waals surface area contributed by atoms with Crippen molar-refractivity contribution in [1.82, 2.24) is 0 Å². The minimum atomic E-state index is -0.860. The Hall–Kier alpha value is -1.83. The van der Waals surface area contributed by atoms with E-state index in [2.05, 4.69) is 25.1 Å². The molecule has 3 rings (SSSR count). The van der Waals surface area contributed by atoms with Gasteiger partial charge in [0.15, 0.2) is 0 Å². The van der Waals surface area contributed by atoms with Crippen molar-refractivity contribution >= 4 is 29.5 Å². The number of aliphatic hydroxyl groups is 1.